The van der Waals surface area contributed by atoms with Crippen molar-refractivity contribution in [2.45, 2.75) is 24.9 Å². The summed E-state index contributed by atoms with van der Waals surface area (Å²) in [5, 5.41) is 30.4. The van der Waals surface area contributed by atoms with Gasteiger partial charge in [-0.3, -0.25) is 9.59 Å². The molecule has 2 amide bonds. The van der Waals surface area contributed by atoms with Gasteiger partial charge in [-0.2, -0.15) is 0 Å². The number of benzene rings is 1. The molecule has 4 N–H and O–H groups in total. The Kier molecular flexibility index (Phi) is 5.93. The van der Waals surface area contributed by atoms with E-state index >= 15 is 0 Å². The van der Waals surface area contributed by atoms with Crippen molar-refractivity contribution in [2.75, 3.05) is 26.4 Å². The van der Waals surface area contributed by atoms with Gasteiger partial charge in [0.2, 0.25) is 11.8 Å². The zero-order chi connectivity index (χ0) is 17.7. The number of nitrogens with one attached hydrogen (secondary N) is 1. The Balaban J connectivity index is 2.05. The lowest BCUT2D eigenvalue weighted by Crippen LogP contribution is -2.58. The van der Waals surface area contributed by atoms with E-state index in [1.807, 2.05) is 37.3 Å². The molecule has 0 spiro atoms. The van der Waals surface area contributed by atoms with Crippen molar-refractivity contribution >= 4 is 11.8 Å². The van der Waals surface area contributed by atoms with Gasteiger partial charge < -0.3 is 25.5 Å². The minimum absolute atomic E-state index is 0.0708. The van der Waals surface area contributed by atoms with Crippen LogP contribution in [0.15, 0.2) is 30.3 Å². The Bertz CT molecular complexity index is 565. The molecular formula is C17H24N2O5. The van der Waals surface area contributed by atoms with E-state index < -0.39 is 37.2 Å². The highest BCUT2D eigenvalue weighted by molar-refractivity contribution is 5.89. The van der Waals surface area contributed by atoms with E-state index in [0.29, 0.717) is 0 Å². The first-order chi connectivity index (χ1) is 11.5. The largest absolute Gasteiger partial charge is 0.394 e. The number of rotatable bonds is 7. The Morgan fingerprint density at radius 2 is 1.83 bits per heavy atom. The van der Waals surface area contributed by atoms with Crippen LogP contribution in [-0.4, -0.2) is 63.9 Å². The van der Waals surface area contributed by atoms with Crippen LogP contribution in [0.2, 0.25) is 0 Å². The van der Waals surface area contributed by atoms with Gasteiger partial charge in [0.05, 0.1) is 31.8 Å². The lowest BCUT2D eigenvalue weighted by atomic mass is 10.0. The topological polar surface area (TPSA) is 110 Å². The van der Waals surface area contributed by atoms with Crippen LogP contribution in [0, 0.1) is 5.92 Å². The van der Waals surface area contributed by atoms with Gasteiger partial charge >= 0.3 is 0 Å². The van der Waals surface area contributed by atoms with Gasteiger partial charge in [0.15, 0.2) is 0 Å². The van der Waals surface area contributed by atoms with Crippen molar-refractivity contribution in [3.8, 4) is 0 Å². The molecule has 1 aliphatic heterocycles. The van der Waals surface area contributed by atoms with Crippen LogP contribution in [0.3, 0.4) is 0 Å². The Morgan fingerprint density at radius 1 is 1.25 bits per heavy atom. The van der Waals surface area contributed by atoms with Gasteiger partial charge in [0, 0.05) is 13.0 Å². The fourth-order valence-electron chi connectivity index (χ4n) is 2.83. The molecule has 2 rings (SSSR count). The first-order valence-corrected chi connectivity index (χ1v) is 7.95. The summed E-state index contributed by atoms with van der Waals surface area (Å²) in [7, 11) is 0. The van der Waals surface area contributed by atoms with E-state index in [-0.39, 0.29) is 24.9 Å². The van der Waals surface area contributed by atoms with E-state index in [1.54, 1.807) is 4.90 Å². The number of hydrogen-bond donors (Lipinski definition) is 4. The molecular weight excluding hydrogens is 312 g/mol. The van der Waals surface area contributed by atoms with Crippen LogP contribution in [0.25, 0.3) is 0 Å². The molecule has 2 unspecified atom stereocenters. The quantitative estimate of drug-likeness (QED) is 0.533. The number of hydrogen-bond acceptors (Lipinski definition) is 5. The van der Waals surface area contributed by atoms with Gasteiger partial charge in [0.1, 0.15) is 5.54 Å². The molecule has 1 aliphatic rings. The van der Waals surface area contributed by atoms with Crippen molar-refractivity contribution in [1.82, 2.24) is 10.2 Å². The summed E-state index contributed by atoms with van der Waals surface area (Å²) in [6.45, 7) is 0.412. The third-order valence-electron chi connectivity index (χ3n) is 4.58. The van der Waals surface area contributed by atoms with Crippen LogP contribution in [0.4, 0.5) is 0 Å². The van der Waals surface area contributed by atoms with Gasteiger partial charge in [-0.05, 0) is 12.5 Å². The molecule has 2 atom stereocenters. The molecule has 1 heterocycles. The molecule has 1 saturated heterocycles. The maximum atomic E-state index is 12.4. The summed E-state index contributed by atoms with van der Waals surface area (Å²) in [6.07, 6.45) is 0.0708. The number of aliphatic hydroxyl groups excluding tert-OH is 3. The third kappa shape index (κ3) is 3.75. The predicted molar refractivity (Wildman–Crippen MR) is 86.8 cm³/mol. The van der Waals surface area contributed by atoms with E-state index in [0.717, 1.165) is 5.56 Å². The summed E-state index contributed by atoms with van der Waals surface area (Å²) < 4.78 is 0. The predicted octanol–water partition coefficient (Wildman–Crippen LogP) is -0.572. The second-order valence-electron chi connectivity index (χ2n) is 6.28. The number of carbonyl (C=O) groups is 2. The summed E-state index contributed by atoms with van der Waals surface area (Å²) in [6, 6.07) is 9.41. The van der Waals surface area contributed by atoms with Crippen molar-refractivity contribution in [1.29, 1.82) is 0 Å². The van der Waals surface area contributed by atoms with Crippen LogP contribution in [-0.2, 0) is 9.59 Å². The summed E-state index contributed by atoms with van der Waals surface area (Å²) >= 11 is 0. The highest BCUT2D eigenvalue weighted by Crippen LogP contribution is 2.28. The molecule has 7 heteroatoms. The Labute approximate surface area is 140 Å². The van der Waals surface area contributed by atoms with Gasteiger partial charge in [-0.25, -0.2) is 0 Å². The maximum Gasteiger partial charge on any atom is 0.226 e. The molecule has 0 aromatic heterocycles. The van der Waals surface area contributed by atoms with Gasteiger partial charge in [-0.15, -0.1) is 0 Å². The van der Waals surface area contributed by atoms with Gasteiger partial charge in [0.25, 0.3) is 0 Å². The monoisotopic (exact) mass is 336 g/mol. The normalized spacial score (nSPS) is 19.4. The summed E-state index contributed by atoms with van der Waals surface area (Å²) in [5.74, 6) is -1.15. The lowest BCUT2D eigenvalue weighted by Gasteiger charge is -2.30. The molecule has 1 aromatic carbocycles. The number of amides is 2. The summed E-state index contributed by atoms with van der Waals surface area (Å²) in [5.41, 5.74) is -0.485. The number of likely N-dealkylation sites (tertiary alicyclic amines) is 1. The van der Waals surface area contributed by atoms with E-state index in [9.17, 15) is 24.9 Å². The summed E-state index contributed by atoms with van der Waals surface area (Å²) in [4.78, 5) is 26.3. The second-order valence-corrected chi connectivity index (χ2v) is 6.28. The van der Waals surface area contributed by atoms with E-state index in [1.165, 1.54) is 0 Å². The Hall–Kier alpha value is -1.96. The smallest absolute Gasteiger partial charge is 0.226 e. The standard InChI is InChI=1S/C17H24N2O5/c1-12(13-5-3-2-4-6-13)19-8-14(7-15(19)23)16(24)18-17(9-20,10-21)11-22/h2-6,12,14,20-22H,7-11H2,1H3,(H,18,24). The highest BCUT2D eigenvalue weighted by atomic mass is 16.3. The minimum atomic E-state index is -1.47. The zero-order valence-corrected chi connectivity index (χ0v) is 13.7. The second kappa shape index (κ2) is 7.74. The van der Waals surface area contributed by atoms with E-state index in [4.69, 9.17) is 0 Å². The van der Waals surface area contributed by atoms with Crippen molar-refractivity contribution in [3.63, 3.8) is 0 Å². The molecule has 0 aliphatic carbocycles. The molecule has 24 heavy (non-hydrogen) atoms. The molecule has 1 fully saturated rings. The van der Waals surface area contributed by atoms with Crippen molar-refractivity contribution < 1.29 is 24.9 Å². The third-order valence-corrected chi connectivity index (χ3v) is 4.58. The maximum absolute atomic E-state index is 12.4. The fourth-order valence-corrected chi connectivity index (χ4v) is 2.83. The van der Waals surface area contributed by atoms with Crippen LogP contribution in [0.5, 0.6) is 0 Å². The van der Waals surface area contributed by atoms with Gasteiger partial charge in [-0.1, -0.05) is 30.3 Å². The lowest BCUT2D eigenvalue weighted by molar-refractivity contribution is -0.131. The average Bonchev–Trinajstić information content (AvgIpc) is 3.01. The SMILES string of the molecule is CC(c1ccccc1)N1CC(C(=O)NC(CO)(CO)CO)CC1=O. The van der Waals surface area contributed by atoms with E-state index in [2.05, 4.69) is 5.32 Å². The first-order valence-electron chi connectivity index (χ1n) is 7.95. The minimum Gasteiger partial charge on any atom is -0.394 e. The average molecular weight is 336 g/mol. The molecule has 0 saturated carbocycles. The highest BCUT2D eigenvalue weighted by Gasteiger charge is 2.40. The molecule has 0 radical (unpaired) electrons. The van der Waals surface area contributed by atoms with Crippen LogP contribution < -0.4 is 5.32 Å². The van der Waals surface area contributed by atoms with Crippen LogP contribution in [0.1, 0.15) is 24.9 Å². The van der Waals surface area contributed by atoms with Crippen LogP contribution >= 0.6 is 0 Å². The zero-order valence-electron chi connectivity index (χ0n) is 13.7. The van der Waals surface area contributed by atoms with Crippen molar-refractivity contribution in [2.24, 2.45) is 5.92 Å². The number of nitrogens with zero attached hydrogens (tertiary/aromatic N) is 1. The molecule has 132 valence electrons. The first kappa shape index (κ1) is 18.4. The molecule has 0 bridgehead atoms. The molecule has 7 nitrogen and oxygen atoms in total. The number of aliphatic hydroxyl groups is 3. The van der Waals surface area contributed by atoms with Crippen molar-refractivity contribution in [3.05, 3.63) is 35.9 Å². The fraction of sp³-hybridized carbons (Fsp3) is 0.529. The Morgan fingerprint density at radius 3 is 2.38 bits per heavy atom. The molecule has 1 aromatic rings. The number of carbonyl (C=O) groups excluding carboxylic acids is 2.